The van der Waals surface area contributed by atoms with Gasteiger partial charge >= 0.3 is 0 Å². The second kappa shape index (κ2) is 12.3. The molecule has 1 aliphatic carbocycles. The van der Waals surface area contributed by atoms with Crippen LogP contribution in [-0.2, 0) is 0 Å². The zero-order chi connectivity index (χ0) is 29.8. The standard InChI is InChI=1S/C40H35N3Si/c1-30-16-14-19-32(28-30)39-41-38(31-17-6-2-7-18-31)42-40(43-39)33-20-15-27-37(29-33)44(34-21-8-3-9-22-34,35-23-10-4-11-24-35)36-25-12-5-13-26-36/h2-27,29-30,40H,28H2,1H3,(H,41,42,43). The van der Waals surface area contributed by atoms with Gasteiger partial charge in [-0.15, -0.1) is 0 Å². The van der Waals surface area contributed by atoms with Gasteiger partial charge in [0.2, 0.25) is 0 Å². The Morgan fingerprint density at radius 2 is 1.18 bits per heavy atom. The number of allylic oxidation sites excluding steroid dienone is 3. The molecule has 2 unspecified atom stereocenters. The molecule has 0 saturated heterocycles. The summed E-state index contributed by atoms with van der Waals surface area (Å²) >= 11 is 0. The zero-order valence-corrected chi connectivity index (χ0v) is 25.8. The molecule has 0 fully saturated rings. The minimum Gasteiger partial charge on any atom is -0.344 e. The number of nitrogens with one attached hydrogen (secondary N) is 1. The molecule has 4 heteroatoms. The van der Waals surface area contributed by atoms with Crippen LogP contribution in [0.3, 0.4) is 0 Å². The quantitative estimate of drug-likeness (QED) is 0.184. The maximum absolute atomic E-state index is 5.22. The summed E-state index contributed by atoms with van der Waals surface area (Å²) in [6.45, 7) is 2.25. The number of aliphatic imine (C=N–C) groups is 2. The van der Waals surface area contributed by atoms with Gasteiger partial charge in [-0.05, 0) is 44.2 Å². The summed E-state index contributed by atoms with van der Waals surface area (Å²) in [5.41, 5.74) is 3.36. The number of benzene rings is 5. The Morgan fingerprint density at radius 3 is 1.75 bits per heavy atom. The average molecular weight is 586 g/mol. The summed E-state index contributed by atoms with van der Waals surface area (Å²) in [5.74, 6) is 2.13. The Bertz CT molecular complexity index is 1760. The number of nitrogens with zero attached hydrogens (tertiary/aromatic N) is 2. The lowest BCUT2D eigenvalue weighted by atomic mass is 9.94. The van der Waals surface area contributed by atoms with Crippen molar-refractivity contribution < 1.29 is 0 Å². The molecule has 44 heavy (non-hydrogen) atoms. The van der Waals surface area contributed by atoms with Crippen LogP contribution in [0, 0.1) is 5.92 Å². The van der Waals surface area contributed by atoms with E-state index in [4.69, 9.17) is 9.98 Å². The molecule has 7 rings (SSSR count). The van der Waals surface area contributed by atoms with Crippen LogP contribution in [0.4, 0.5) is 0 Å². The van der Waals surface area contributed by atoms with Crippen molar-refractivity contribution in [1.29, 1.82) is 0 Å². The van der Waals surface area contributed by atoms with Crippen molar-refractivity contribution in [2.24, 2.45) is 15.9 Å². The summed E-state index contributed by atoms with van der Waals surface area (Å²) < 4.78 is 0. The summed E-state index contributed by atoms with van der Waals surface area (Å²) in [6.07, 6.45) is 7.26. The Kier molecular flexibility index (Phi) is 7.74. The minimum absolute atomic E-state index is 0.270. The van der Waals surface area contributed by atoms with Crippen molar-refractivity contribution in [3.8, 4) is 0 Å². The predicted molar refractivity (Wildman–Crippen MR) is 187 cm³/mol. The Labute approximate surface area is 261 Å². The molecule has 2 aliphatic rings. The van der Waals surface area contributed by atoms with Crippen LogP contribution >= 0.6 is 0 Å². The van der Waals surface area contributed by atoms with Crippen molar-refractivity contribution in [1.82, 2.24) is 5.32 Å². The summed E-state index contributed by atoms with van der Waals surface area (Å²) in [7, 11) is -2.66. The third-order valence-electron chi connectivity index (χ3n) is 8.61. The molecule has 214 valence electrons. The molecule has 0 spiro atoms. The smallest absolute Gasteiger partial charge is 0.179 e. The first-order valence-corrected chi connectivity index (χ1v) is 17.3. The molecule has 0 saturated carbocycles. The molecule has 0 bridgehead atoms. The highest BCUT2D eigenvalue weighted by atomic mass is 28.3. The van der Waals surface area contributed by atoms with Crippen molar-refractivity contribution in [3.63, 3.8) is 0 Å². The lowest BCUT2D eigenvalue weighted by Gasteiger charge is -2.35. The molecule has 1 N–H and O–H groups in total. The largest absolute Gasteiger partial charge is 0.344 e. The summed E-state index contributed by atoms with van der Waals surface area (Å²) in [6, 6.07) is 52.6. The van der Waals surface area contributed by atoms with Crippen LogP contribution in [0.15, 0.2) is 179 Å². The number of hydrogen-bond donors (Lipinski definition) is 1. The lowest BCUT2D eigenvalue weighted by molar-refractivity contribution is 0.660. The molecule has 3 nitrogen and oxygen atoms in total. The SMILES string of the molecule is CC1C=CC=C(C2=NC(c3ccccc3)=NC(c3cccc([Si](c4ccccc4)(c4ccccc4)c4ccccc4)c3)N2)C1. The Morgan fingerprint density at radius 1 is 0.636 bits per heavy atom. The molecule has 0 radical (unpaired) electrons. The summed E-state index contributed by atoms with van der Waals surface area (Å²) in [5, 5.41) is 9.13. The normalized spacial score (nSPS) is 18.1. The number of rotatable bonds is 7. The molecule has 0 amide bonds. The van der Waals surface area contributed by atoms with Gasteiger partial charge in [0.15, 0.2) is 13.9 Å². The van der Waals surface area contributed by atoms with E-state index in [9.17, 15) is 0 Å². The van der Waals surface area contributed by atoms with Crippen molar-refractivity contribution in [2.45, 2.75) is 19.5 Å². The second-order valence-corrected chi connectivity index (χ2v) is 15.4. The molecule has 5 aromatic carbocycles. The van der Waals surface area contributed by atoms with Gasteiger partial charge in [-0.2, -0.15) is 0 Å². The van der Waals surface area contributed by atoms with Crippen LogP contribution in [0.5, 0.6) is 0 Å². The van der Waals surface area contributed by atoms with E-state index in [1.165, 1.54) is 26.3 Å². The first kappa shape index (κ1) is 27.8. The van der Waals surface area contributed by atoms with Crippen molar-refractivity contribution >= 4 is 40.5 Å². The van der Waals surface area contributed by atoms with Gasteiger partial charge in [-0.25, -0.2) is 9.98 Å². The fourth-order valence-electron chi connectivity index (χ4n) is 6.53. The van der Waals surface area contributed by atoms with Crippen molar-refractivity contribution in [2.75, 3.05) is 0 Å². The van der Waals surface area contributed by atoms with Gasteiger partial charge in [0, 0.05) is 5.56 Å². The Hall–Kier alpha value is -5.06. The highest BCUT2D eigenvalue weighted by molar-refractivity contribution is 7.19. The Balaban J connectivity index is 1.40. The fraction of sp³-hybridized carbons (Fsp3) is 0.100. The molecular weight excluding hydrogens is 551 g/mol. The average Bonchev–Trinajstić information content (AvgIpc) is 3.10. The van der Waals surface area contributed by atoms with Gasteiger partial charge in [-0.1, -0.05) is 171 Å². The zero-order valence-electron chi connectivity index (χ0n) is 24.8. The summed E-state index contributed by atoms with van der Waals surface area (Å²) in [4.78, 5) is 10.3. The van der Waals surface area contributed by atoms with Gasteiger partial charge in [0.1, 0.15) is 12.0 Å². The van der Waals surface area contributed by atoms with E-state index in [1.54, 1.807) is 0 Å². The van der Waals surface area contributed by atoms with Crippen LogP contribution < -0.4 is 26.1 Å². The van der Waals surface area contributed by atoms with Crippen LogP contribution in [0.2, 0.25) is 0 Å². The first-order valence-electron chi connectivity index (χ1n) is 15.3. The van der Waals surface area contributed by atoms with Gasteiger partial charge < -0.3 is 5.32 Å². The third kappa shape index (κ3) is 5.29. The van der Waals surface area contributed by atoms with Gasteiger partial charge in [-0.3, -0.25) is 0 Å². The maximum atomic E-state index is 5.22. The molecule has 5 aromatic rings. The van der Waals surface area contributed by atoms with E-state index in [0.717, 1.165) is 29.2 Å². The maximum Gasteiger partial charge on any atom is 0.179 e. The van der Waals surface area contributed by atoms with Gasteiger partial charge in [0.25, 0.3) is 0 Å². The second-order valence-electron chi connectivity index (χ2n) is 11.6. The number of amidine groups is 2. The molecule has 1 aliphatic heterocycles. The fourth-order valence-corrected chi connectivity index (χ4v) is 11.3. The van der Waals surface area contributed by atoms with E-state index in [1.807, 2.05) is 6.07 Å². The topological polar surface area (TPSA) is 36.8 Å². The van der Waals surface area contributed by atoms with E-state index in [0.29, 0.717) is 5.92 Å². The van der Waals surface area contributed by atoms with E-state index < -0.39 is 8.07 Å². The van der Waals surface area contributed by atoms with Crippen LogP contribution in [0.1, 0.15) is 30.6 Å². The lowest BCUT2D eigenvalue weighted by Crippen LogP contribution is -2.74. The molecular formula is C40H35N3Si. The van der Waals surface area contributed by atoms with Crippen molar-refractivity contribution in [3.05, 3.63) is 181 Å². The highest BCUT2D eigenvalue weighted by Gasteiger charge is 2.41. The monoisotopic (exact) mass is 585 g/mol. The molecule has 0 aromatic heterocycles. The first-order chi connectivity index (χ1) is 21.7. The van der Waals surface area contributed by atoms with Crippen LogP contribution in [-0.4, -0.2) is 19.7 Å². The molecule has 1 heterocycles. The predicted octanol–water partition coefficient (Wildman–Crippen LogP) is 6.03. The van der Waals surface area contributed by atoms with Crippen LogP contribution in [0.25, 0.3) is 0 Å². The van der Waals surface area contributed by atoms with E-state index in [-0.39, 0.29) is 6.17 Å². The van der Waals surface area contributed by atoms with Gasteiger partial charge in [0.05, 0.1) is 0 Å². The highest BCUT2D eigenvalue weighted by Crippen LogP contribution is 2.25. The number of hydrogen-bond acceptors (Lipinski definition) is 3. The molecule has 2 atom stereocenters. The minimum atomic E-state index is -2.66. The van der Waals surface area contributed by atoms with E-state index >= 15 is 0 Å². The third-order valence-corrected chi connectivity index (χ3v) is 13.4. The van der Waals surface area contributed by atoms with E-state index in [2.05, 4.69) is 170 Å².